The van der Waals surface area contributed by atoms with E-state index in [9.17, 15) is 58.7 Å². The number of carbonyl (C=O) groups excluding carboxylic acids is 4. The summed E-state index contributed by atoms with van der Waals surface area (Å²) in [6.07, 6.45) is -17.2. The third-order valence-electron chi connectivity index (χ3n) is 8.75. The highest BCUT2D eigenvalue weighted by molar-refractivity contribution is 6.42. The maximum absolute atomic E-state index is 14.0. The van der Waals surface area contributed by atoms with Crippen LogP contribution in [0, 0.1) is 0 Å². The van der Waals surface area contributed by atoms with Crippen molar-refractivity contribution >= 4 is 46.9 Å². The summed E-state index contributed by atoms with van der Waals surface area (Å²) < 4.78 is 127. The van der Waals surface area contributed by atoms with Crippen molar-refractivity contribution in [2.24, 2.45) is 0 Å². The molecular weight excluding hydrogens is 760 g/mol. The fraction of sp³-hybridized carbons (Fsp3) is 0.333. The van der Waals surface area contributed by atoms with E-state index in [1.807, 2.05) is 0 Å². The van der Waals surface area contributed by atoms with Gasteiger partial charge in [0.05, 0.1) is 37.9 Å². The van der Waals surface area contributed by atoms with E-state index >= 15 is 0 Å². The minimum Gasteiger partial charge on any atom is -0.418 e. The lowest BCUT2D eigenvalue weighted by Crippen LogP contribution is -2.52. The number of rotatable bonds is 7. The number of benzene rings is 3. The molecule has 0 unspecified atom stereocenters. The van der Waals surface area contributed by atoms with E-state index in [1.165, 1.54) is 30.3 Å². The summed E-state index contributed by atoms with van der Waals surface area (Å²) in [5.41, 5.74) is -5.20. The van der Waals surface area contributed by atoms with Crippen molar-refractivity contribution in [2.45, 2.75) is 36.9 Å². The van der Waals surface area contributed by atoms with E-state index in [4.69, 9.17) is 23.2 Å². The van der Waals surface area contributed by atoms with Crippen LogP contribution in [0.3, 0.4) is 0 Å². The molecule has 3 aromatic rings. The summed E-state index contributed by atoms with van der Waals surface area (Å²) in [6.45, 7) is 0.220. The monoisotopic (exact) mass is 783 g/mol. The Bertz CT molecular complexity index is 1900. The first kappa shape index (κ1) is 38.9. The second kappa shape index (κ2) is 14.2. The Morgan fingerprint density at radius 3 is 2.00 bits per heavy atom. The van der Waals surface area contributed by atoms with Gasteiger partial charge in [-0.15, -0.1) is 0 Å². The first-order chi connectivity index (χ1) is 24.1. The number of hydrogen-bond donors (Lipinski definition) is 0. The second-order valence-corrected chi connectivity index (χ2v) is 12.8. The average Bonchev–Trinajstić information content (AvgIpc) is 3.31. The van der Waals surface area contributed by atoms with Gasteiger partial charge in [0.25, 0.3) is 17.7 Å². The zero-order valence-electron chi connectivity index (χ0n) is 26.4. The van der Waals surface area contributed by atoms with Crippen molar-refractivity contribution in [3.63, 3.8) is 0 Å². The number of fused-ring (bicyclic) bond motifs is 1. The molecule has 2 atom stereocenters. The highest BCUT2D eigenvalue weighted by Gasteiger charge is 2.47. The van der Waals surface area contributed by atoms with Crippen LogP contribution in [0.25, 0.3) is 0 Å². The first-order valence-electron chi connectivity index (χ1n) is 15.1. The molecule has 1 saturated heterocycles. The molecule has 0 N–H and O–H groups in total. The van der Waals surface area contributed by atoms with Crippen LogP contribution in [0.5, 0.6) is 5.75 Å². The maximum atomic E-state index is 14.0. The standard InChI is InChI=1S/C33H24Cl2F9N3O5/c1-45(27(48)20-13-17(31(36,37)38)14-22(32(39,40)41)26(20)52-30(51)33(42,43)44)25-8-9-46(15-21(25)16-6-7-23(34)24(35)12-16)10-11-47-28(49)18-4-2-3-5-19(18)29(47)50/h2-7,12-14,21,25H,8-11,15H2,1H3/t21-,25+/m0/s1. The van der Waals surface area contributed by atoms with Gasteiger partial charge in [0, 0.05) is 45.2 Å². The molecule has 0 spiro atoms. The molecule has 3 aromatic carbocycles. The van der Waals surface area contributed by atoms with E-state index in [2.05, 4.69) is 4.74 Å². The molecule has 0 aromatic heterocycles. The molecule has 0 saturated carbocycles. The summed E-state index contributed by atoms with van der Waals surface area (Å²) in [4.78, 5) is 55.0. The number of alkyl halides is 9. The number of likely N-dealkylation sites (N-methyl/N-ethyl adjacent to an activating group) is 1. The lowest BCUT2D eigenvalue weighted by Gasteiger charge is -2.43. The highest BCUT2D eigenvalue weighted by Crippen LogP contribution is 2.44. The van der Waals surface area contributed by atoms with Crippen molar-refractivity contribution in [1.29, 1.82) is 0 Å². The van der Waals surface area contributed by atoms with Gasteiger partial charge >= 0.3 is 24.5 Å². The quantitative estimate of drug-likeness (QED) is 0.106. The number of ether oxygens (including phenoxy) is 1. The lowest BCUT2D eigenvalue weighted by atomic mass is 9.84. The zero-order valence-corrected chi connectivity index (χ0v) is 27.9. The SMILES string of the molecule is CN(C(=O)c1cc(C(F)(F)F)cc(C(F)(F)F)c1OC(=O)C(F)(F)F)[C@@H]1CCN(CCN2C(=O)c3ccccc3C2=O)C[C@H]1c1ccc(Cl)c(Cl)c1. The van der Waals surface area contributed by atoms with Crippen LogP contribution in [0.15, 0.2) is 54.6 Å². The number of amides is 3. The van der Waals surface area contributed by atoms with E-state index in [1.54, 1.807) is 17.0 Å². The molecule has 52 heavy (non-hydrogen) atoms. The summed E-state index contributed by atoms with van der Waals surface area (Å²) in [7, 11) is 1.02. The van der Waals surface area contributed by atoms with Crippen LogP contribution in [0.1, 0.15) is 60.1 Å². The molecule has 8 nitrogen and oxygen atoms in total. The Morgan fingerprint density at radius 1 is 0.846 bits per heavy atom. The minimum atomic E-state index is -5.88. The molecule has 3 amide bonds. The Morgan fingerprint density at radius 2 is 1.46 bits per heavy atom. The van der Waals surface area contributed by atoms with Crippen LogP contribution in [-0.4, -0.2) is 83.8 Å². The molecule has 0 radical (unpaired) electrons. The summed E-state index contributed by atoms with van der Waals surface area (Å²) in [5, 5.41) is 0.188. The van der Waals surface area contributed by atoms with Gasteiger partial charge in [-0.1, -0.05) is 41.4 Å². The van der Waals surface area contributed by atoms with E-state index in [0.29, 0.717) is 5.56 Å². The summed E-state index contributed by atoms with van der Waals surface area (Å²) in [5.74, 6) is -8.70. The molecule has 19 heteroatoms. The number of nitrogens with zero attached hydrogens (tertiary/aromatic N) is 3. The van der Waals surface area contributed by atoms with Gasteiger partial charge in [-0.2, -0.15) is 39.5 Å². The third kappa shape index (κ3) is 7.85. The van der Waals surface area contributed by atoms with Crippen LogP contribution in [-0.2, 0) is 17.1 Å². The number of piperidine rings is 1. The molecule has 278 valence electrons. The van der Waals surface area contributed by atoms with Crippen LogP contribution >= 0.6 is 23.2 Å². The average molecular weight is 784 g/mol. The Balaban J connectivity index is 1.50. The van der Waals surface area contributed by atoms with Crippen molar-refractivity contribution in [2.75, 3.05) is 33.2 Å². The van der Waals surface area contributed by atoms with E-state index in [0.717, 1.165) is 16.8 Å². The van der Waals surface area contributed by atoms with Crippen molar-refractivity contribution in [3.8, 4) is 5.75 Å². The first-order valence-corrected chi connectivity index (χ1v) is 15.9. The number of carbonyl (C=O) groups is 4. The Labute approximate surface area is 298 Å². The van der Waals surface area contributed by atoms with Gasteiger partial charge in [-0.3, -0.25) is 19.3 Å². The van der Waals surface area contributed by atoms with Crippen molar-refractivity contribution < 1.29 is 63.4 Å². The van der Waals surface area contributed by atoms with Gasteiger partial charge < -0.3 is 14.5 Å². The molecule has 0 bridgehead atoms. The predicted octanol–water partition coefficient (Wildman–Crippen LogP) is 7.73. The van der Waals surface area contributed by atoms with Crippen LogP contribution in [0.4, 0.5) is 39.5 Å². The smallest absolute Gasteiger partial charge is 0.418 e. The summed E-state index contributed by atoms with van der Waals surface area (Å²) >= 11 is 12.3. The number of likely N-dealkylation sites (tertiary alicyclic amines) is 1. The lowest BCUT2D eigenvalue weighted by molar-refractivity contribution is -0.190. The van der Waals surface area contributed by atoms with Gasteiger partial charge in [0.1, 0.15) is 0 Å². The van der Waals surface area contributed by atoms with E-state index < -0.39 is 82.7 Å². The van der Waals surface area contributed by atoms with Crippen molar-refractivity contribution in [1.82, 2.24) is 14.7 Å². The minimum absolute atomic E-state index is 0.0158. The fourth-order valence-corrected chi connectivity index (χ4v) is 6.50. The van der Waals surface area contributed by atoms with Gasteiger partial charge in [-0.25, -0.2) is 4.79 Å². The highest BCUT2D eigenvalue weighted by atomic mass is 35.5. The molecule has 5 rings (SSSR count). The van der Waals surface area contributed by atoms with Gasteiger partial charge in [0.15, 0.2) is 5.75 Å². The second-order valence-electron chi connectivity index (χ2n) is 11.9. The van der Waals surface area contributed by atoms with Crippen LogP contribution < -0.4 is 4.74 Å². The molecule has 2 heterocycles. The van der Waals surface area contributed by atoms with Crippen LogP contribution in [0.2, 0.25) is 10.0 Å². The Hall–Kier alpha value is -4.35. The number of hydrogen-bond acceptors (Lipinski definition) is 6. The van der Waals surface area contributed by atoms with Crippen molar-refractivity contribution in [3.05, 3.63) is 98.0 Å². The molecule has 2 aliphatic heterocycles. The normalized spacial score (nSPS) is 18.4. The topological polar surface area (TPSA) is 87.2 Å². The third-order valence-corrected chi connectivity index (χ3v) is 9.49. The number of imide groups is 1. The number of halogens is 11. The predicted molar refractivity (Wildman–Crippen MR) is 166 cm³/mol. The maximum Gasteiger partial charge on any atom is 0.491 e. The summed E-state index contributed by atoms with van der Waals surface area (Å²) in [6, 6.07) is 8.85. The molecule has 1 fully saturated rings. The Kier molecular flexibility index (Phi) is 10.6. The van der Waals surface area contributed by atoms with E-state index in [-0.39, 0.29) is 59.8 Å². The molecule has 0 aliphatic carbocycles. The number of esters is 1. The van der Waals surface area contributed by atoms with Gasteiger partial charge in [0.2, 0.25) is 0 Å². The largest absolute Gasteiger partial charge is 0.491 e. The molecule has 2 aliphatic rings. The zero-order chi connectivity index (χ0) is 38.5. The fourth-order valence-electron chi connectivity index (χ4n) is 6.19. The molecular formula is C33H24Cl2F9N3O5. The van der Waals surface area contributed by atoms with Gasteiger partial charge in [-0.05, 0) is 48.4 Å².